The number of carbonyl (C=O) groups excluding carboxylic acids is 2. The lowest BCUT2D eigenvalue weighted by atomic mass is 10.2. The van der Waals surface area contributed by atoms with E-state index in [0.717, 1.165) is 11.4 Å². The summed E-state index contributed by atoms with van der Waals surface area (Å²) in [6, 6.07) is 3.74. The van der Waals surface area contributed by atoms with E-state index >= 15 is 0 Å². The van der Waals surface area contributed by atoms with E-state index < -0.39 is 0 Å². The Morgan fingerprint density at radius 1 is 1.29 bits per heavy atom. The quantitative estimate of drug-likeness (QED) is 0.739. The fraction of sp³-hybridized carbons (Fsp3) is 0.400. The normalized spacial score (nSPS) is 10.5. The molecule has 2 amide bonds. The molecule has 0 saturated carbocycles. The van der Waals surface area contributed by atoms with Crippen molar-refractivity contribution in [1.82, 2.24) is 30.0 Å². The average Bonchev–Trinajstić information content (AvgIpc) is 3.02. The summed E-state index contributed by atoms with van der Waals surface area (Å²) in [7, 11) is 3.14. The third kappa shape index (κ3) is 4.31. The Bertz CT molecular complexity index is 703. The zero-order valence-corrected chi connectivity index (χ0v) is 14.7. The Balaban J connectivity index is 2.04. The maximum absolute atomic E-state index is 12.1. The number of nitrogens with one attached hydrogen (secondary N) is 1. The smallest absolute Gasteiger partial charge is 0.239 e. The van der Waals surface area contributed by atoms with Gasteiger partial charge in [-0.15, -0.1) is 10.2 Å². The van der Waals surface area contributed by atoms with Crippen LogP contribution < -0.4 is 5.32 Å². The number of aromatic nitrogens is 4. The van der Waals surface area contributed by atoms with Crippen LogP contribution in [0.1, 0.15) is 6.92 Å². The van der Waals surface area contributed by atoms with Gasteiger partial charge in [-0.25, -0.2) is 0 Å². The first-order valence-corrected chi connectivity index (χ1v) is 8.46. The lowest BCUT2D eigenvalue weighted by Gasteiger charge is -2.15. The van der Waals surface area contributed by atoms with Gasteiger partial charge in [0.2, 0.25) is 11.8 Å². The van der Waals surface area contributed by atoms with Crippen LogP contribution in [-0.2, 0) is 16.1 Å². The van der Waals surface area contributed by atoms with Gasteiger partial charge >= 0.3 is 0 Å². The summed E-state index contributed by atoms with van der Waals surface area (Å²) in [5.41, 5.74) is 0.925. The summed E-state index contributed by atoms with van der Waals surface area (Å²) in [5, 5.41) is 11.6. The molecule has 1 N–H and O–H groups in total. The number of carbonyl (C=O) groups is 2. The number of likely N-dealkylation sites (N-methyl/N-ethyl adjacent to an activating group) is 2. The third-order valence-corrected chi connectivity index (χ3v) is 4.33. The molecule has 0 spiro atoms. The van der Waals surface area contributed by atoms with E-state index in [1.807, 2.05) is 23.6 Å². The highest BCUT2D eigenvalue weighted by Crippen LogP contribution is 2.23. The lowest BCUT2D eigenvalue weighted by molar-refractivity contribution is -0.132. The second kappa shape index (κ2) is 8.44. The van der Waals surface area contributed by atoms with Gasteiger partial charge in [-0.2, -0.15) is 0 Å². The van der Waals surface area contributed by atoms with E-state index in [1.165, 1.54) is 16.7 Å². The zero-order chi connectivity index (χ0) is 17.5. The second-order valence-electron chi connectivity index (χ2n) is 5.00. The molecule has 0 aromatic carbocycles. The minimum Gasteiger partial charge on any atom is -0.358 e. The summed E-state index contributed by atoms with van der Waals surface area (Å²) in [5.74, 6) is 0.600. The topological polar surface area (TPSA) is 93.0 Å². The maximum atomic E-state index is 12.1. The van der Waals surface area contributed by atoms with Crippen molar-refractivity contribution in [3.63, 3.8) is 0 Å². The van der Waals surface area contributed by atoms with Gasteiger partial charge in [0, 0.05) is 38.6 Å². The highest BCUT2D eigenvalue weighted by molar-refractivity contribution is 7.99. The Labute approximate surface area is 144 Å². The number of amides is 2. The number of rotatable bonds is 7. The minimum absolute atomic E-state index is 0.0403. The molecular formula is C15H20N6O2S. The molecule has 0 fully saturated rings. The predicted molar refractivity (Wildman–Crippen MR) is 91.4 cm³/mol. The largest absolute Gasteiger partial charge is 0.358 e. The van der Waals surface area contributed by atoms with Gasteiger partial charge in [0.05, 0.1) is 12.3 Å². The van der Waals surface area contributed by atoms with E-state index in [4.69, 9.17) is 0 Å². The maximum Gasteiger partial charge on any atom is 0.239 e. The number of hydrogen-bond donors (Lipinski definition) is 1. The fourth-order valence-corrected chi connectivity index (χ4v) is 2.96. The van der Waals surface area contributed by atoms with Crippen molar-refractivity contribution < 1.29 is 9.59 Å². The van der Waals surface area contributed by atoms with Gasteiger partial charge < -0.3 is 14.8 Å². The van der Waals surface area contributed by atoms with Crippen molar-refractivity contribution in [3.05, 3.63) is 24.5 Å². The van der Waals surface area contributed by atoms with Crippen LogP contribution in [0, 0.1) is 0 Å². The van der Waals surface area contributed by atoms with Gasteiger partial charge in [-0.3, -0.25) is 14.6 Å². The van der Waals surface area contributed by atoms with E-state index in [2.05, 4.69) is 20.5 Å². The first-order chi connectivity index (χ1) is 11.6. The zero-order valence-electron chi connectivity index (χ0n) is 13.9. The van der Waals surface area contributed by atoms with Gasteiger partial charge in [0.25, 0.3) is 0 Å². The molecule has 128 valence electrons. The Morgan fingerprint density at radius 2 is 2.00 bits per heavy atom. The molecule has 0 saturated heterocycles. The minimum atomic E-state index is -0.201. The Kier molecular flexibility index (Phi) is 6.30. The average molecular weight is 348 g/mol. The Hall–Kier alpha value is -2.42. The number of nitrogens with zero attached hydrogens (tertiary/aromatic N) is 5. The van der Waals surface area contributed by atoms with Gasteiger partial charge in [-0.1, -0.05) is 11.8 Å². The molecule has 0 unspecified atom stereocenters. The van der Waals surface area contributed by atoms with Crippen molar-refractivity contribution in [1.29, 1.82) is 0 Å². The standard InChI is InChI=1S/C15H20N6O2S/c1-4-21-14(11-5-7-17-8-6-11)18-19-15(21)24-10-13(23)20(3)9-12(22)16-2/h5-8H,4,9-10H2,1-3H3,(H,16,22). The van der Waals surface area contributed by atoms with Crippen molar-refractivity contribution in [2.45, 2.75) is 18.6 Å². The fourth-order valence-electron chi connectivity index (χ4n) is 2.01. The van der Waals surface area contributed by atoms with Crippen LogP contribution in [0.4, 0.5) is 0 Å². The number of pyridine rings is 1. The molecule has 2 rings (SSSR count). The molecule has 0 atom stereocenters. The summed E-state index contributed by atoms with van der Waals surface area (Å²) in [6.45, 7) is 2.73. The number of hydrogen-bond acceptors (Lipinski definition) is 6. The number of thioether (sulfide) groups is 1. The highest BCUT2D eigenvalue weighted by Gasteiger charge is 2.17. The molecule has 9 heteroatoms. The van der Waals surface area contributed by atoms with Crippen molar-refractivity contribution in [2.24, 2.45) is 0 Å². The molecule has 2 aromatic heterocycles. The Morgan fingerprint density at radius 3 is 2.62 bits per heavy atom. The van der Waals surface area contributed by atoms with Crippen LogP contribution in [0.15, 0.2) is 29.7 Å². The van der Waals surface area contributed by atoms with Gasteiger partial charge in [0.1, 0.15) is 0 Å². The summed E-state index contributed by atoms with van der Waals surface area (Å²) in [4.78, 5) is 28.8. The second-order valence-corrected chi connectivity index (χ2v) is 5.94. The summed E-state index contributed by atoms with van der Waals surface area (Å²) >= 11 is 1.31. The summed E-state index contributed by atoms with van der Waals surface area (Å²) in [6.07, 6.45) is 3.40. The molecule has 0 aliphatic carbocycles. The van der Waals surface area contributed by atoms with Crippen LogP contribution in [0.3, 0.4) is 0 Å². The molecule has 24 heavy (non-hydrogen) atoms. The lowest BCUT2D eigenvalue weighted by Crippen LogP contribution is -2.37. The highest BCUT2D eigenvalue weighted by atomic mass is 32.2. The van der Waals surface area contributed by atoms with Crippen LogP contribution in [0.5, 0.6) is 0 Å². The van der Waals surface area contributed by atoms with Crippen molar-refractivity contribution >= 4 is 23.6 Å². The molecule has 0 aliphatic rings. The monoisotopic (exact) mass is 348 g/mol. The van der Waals surface area contributed by atoms with Gasteiger partial charge in [-0.05, 0) is 19.1 Å². The first kappa shape index (κ1) is 17.9. The molecule has 0 radical (unpaired) electrons. The van der Waals surface area contributed by atoms with Crippen LogP contribution in [-0.4, -0.2) is 62.9 Å². The van der Waals surface area contributed by atoms with E-state index in [1.54, 1.807) is 26.5 Å². The van der Waals surface area contributed by atoms with Gasteiger partial charge in [0.15, 0.2) is 11.0 Å². The predicted octanol–water partition coefficient (Wildman–Crippen LogP) is 0.657. The van der Waals surface area contributed by atoms with E-state index in [9.17, 15) is 9.59 Å². The van der Waals surface area contributed by atoms with Crippen LogP contribution in [0.25, 0.3) is 11.4 Å². The third-order valence-electron chi connectivity index (χ3n) is 3.38. The first-order valence-electron chi connectivity index (χ1n) is 7.47. The molecule has 0 aliphatic heterocycles. The van der Waals surface area contributed by atoms with E-state index in [-0.39, 0.29) is 24.1 Å². The SMILES string of the molecule is CCn1c(SCC(=O)N(C)CC(=O)NC)nnc1-c1ccncc1. The van der Waals surface area contributed by atoms with E-state index in [0.29, 0.717) is 11.7 Å². The molecular weight excluding hydrogens is 328 g/mol. The molecule has 0 bridgehead atoms. The van der Waals surface area contributed by atoms with Crippen molar-refractivity contribution in [3.8, 4) is 11.4 Å². The molecule has 2 heterocycles. The van der Waals surface area contributed by atoms with Crippen molar-refractivity contribution in [2.75, 3.05) is 26.4 Å². The molecule has 8 nitrogen and oxygen atoms in total. The molecule has 2 aromatic rings. The summed E-state index contributed by atoms with van der Waals surface area (Å²) < 4.78 is 1.95. The van der Waals surface area contributed by atoms with Crippen LogP contribution >= 0.6 is 11.8 Å². The van der Waals surface area contributed by atoms with Crippen LogP contribution in [0.2, 0.25) is 0 Å².